The second kappa shape index (κ2) is 9.56. The molecule has 0 saturated carbocycles. The molecule has 25 heavy (non-hydrogen) atoms. The molecule has 1 aliphatic rings. The number of para-hydroxylation sites is 1. The molecule has 1 saturated heterocycles. The van der Waals surface area contributed by atoms with Gasteiger partial charge >= 0.3 is 0 Å². The largest absolute Gasteiger partial charge is 0.369 e. The number of hydrogen-bond acceptors (Lipinski definition) is 4. The predicted octanol–water partition coefficient (Wildman–Crippen LogP) is 2.32. The summed E-state index contributed by atoms with van der Waals surface area (Å²) in [5.41, 5.74) is 8.54. The highest BCUT2D eigenvalue weighted by Gasteiger charge is 2.23. The van der Waals surface area contributed by atoms with Crippen LogP contribution in [0, 0.1) is 0 Å². The first-order valence-corrected chi connectivity index (χ1v) is 9.35. The van der Waals surface area contributed by atoms with Crippen molar-refractivity contribution in [2.45, 2.75) is 19.0 Å². The van der Waals surface area contributed by atoms with Gasteiger partial charge in [-0.2, -0.15) is 0 Å². The van der Waals surface area contributed by atoms with E-state index in [1.54, 1.807) is 0 Å². The number of anilines is 1. The lowest BCUT2D eigenvalue weighted by atomic mass is 10.1. The molecule has 0 unspecified atom stereocenters. The molecule has 4 heteroatoms. The normalized spacial score (nSPS) is 16.8. The molecule has 0 spiro atoms. The van der Waals surface area contributed by atoms with Crippen LogP contribution in [0.3, 0.4) is 0 Å². The lowest BCUT2D eigenvalue weighted by Crippen LogP contribution is -2.53. The van der Waals surface area contributed by atoms with Crippen molar-refractivity contribution < 1.29 is 0 Å². The van der Waals surface area contributed by atoms with Crippen LogP contribution in [0.4, 0.5) is 5.69 Å². The lowest BCUT2D eigenvalue weighted by molar-refractivity contribution is 0.174. The summed E-state index contributed by atoms with van der Waals surface area (Å²) in [4.78, 5) is 5.08. The summed E-state index contributed by atoms with van der Waals surface area (Å²) in [5.74, 6) is 0. The molecular formula is C21H30N4. The van der Waals surface area contributed by atoms with E-state index >= 15 is 0 Å². The number of nitrogens with zero attached hydrogens (tertiary/aromatic N) is 2. The van der Waals surface area contributed by atoms with Gasteiger partial charge in [0.2, 0.25) is 0 Å². The van der Waals surface area contributed by atoms with Crippen LogP contribution in [0.5, 0.6) is 0 Å². The summed E-state index contributed by atoms with van der Waals surface area (Å²) < 4.78 is 0. The van der Waals surface area contributed by atoms with Crippen LogP contribution >= 0.6 is 0 Å². The maximum absolute atomic E-state index is 5.87. The Kier molecular flexibility index (Phi) is 6.86. The van der Waals surface area contributed by atoms with Gasteiger partial charge in [-0.25, -0.2) is 0 Å². The van der Waals surface area contributed by atoms with Crippen LogP contribution in [0.1, 0.15) is 12.0 Å². The fourth-order valence-corrected chi connectivity index (χ4v) is 3.57. The second-order valence-electron chi connectivity index (χ2n) is 6.71. The van der Waals surface area contributed by atoms with Crippen molar-refractivity contribution in [3.8, 4) is 0 Å². The molecule has 4 nitrogen and oxygen atoms in total. The van der Waals surface area contributed by atoms with Crippen molar-refractivity contribution in [1.82, 2.24) is 10.2 Å². The SMILES string of the molecule is NCC[C@H](CNCc1ccccc1)N1CCN(c2ccccc2)CC1. The van der Waals surface area contributed by atoms with E-state index in [0.29, 0.717) is 6.04 Å². The van der Waals surface area contributed by atoms with Crippen molar-refractivity contribution >= 4 is 5.69 Å². The average Bonchev–Trinajstić information content (AvgIpc) is 2.69. The summed E-state index contributed by atoms with van der Waals surface area (Å²) in [7, 11) is 0. The molecule has 0 bridgehead atoms. The van der Waals surface area contributed by atoms with E-state index in [2.05, 4.69) is 75.8 Å². The number of rotatable bonds is 8. The van der Waals surface area contributed by atoms with E-state index in [4.69, 9.17) is 5.73 Å². The third-order valence-electron chi connectivity index (χ3n) is 5.00. The van der Waals surface area contributed by atoms with E-state index in [9.17, 15) is 0 Å². The van der Waals surface area contributed by atoms with Crippen molar-refractivity contribution in [3.05, 3.63) is 66.2 Å². The number of piperazine rings is 1. The minimum absolute atomic E-state index is 0.520. The van der Waals surface area contributed by atoms with Gasteiger partial charge in [-0.15, -0.1) is 0 Å². The molecule has 2 aromatic carbocycles. The number of nitrogens with two attached hydrogens (primary N) is 1. The first-order chi connectivity index (χ1) is 12.4. The van der Waals surface area contributed by atoms with Gasteiger partial charge in [0.1, 0.15) is 0 Å². The number of nitrogens with one attached hydrogen (secondary N) is 1. The molecular weight excluding hydrogens is 308 g/mol. The summed E-state index contributed by atoms with van der Waals surface area (Å²) in [5, 5.41) is 3.62. The summed E-state index contributed by atoms with van der Waals surface area (Å²) in [6, 6.07) is 21.8. The topological polar surface area (TPSA) is 44.5 Å². The van der Waals surface area contributed by atoms with Crippen molar-refractivity contribution in [3.63, 3.8) is 0 Å². The summed E-state index contributed by atoms with van der Waals surface area (Å²) in [6.07, 6.45) is 1.05. The molecule has 0 amide bonds. The highest BCUT2D eigenvalue weighted by molar-refractivity contribution is 5.46. The Morgan fingerprint density at radius 2 is 1.52 bits per heavy atom. The van der Waals surface area contributed by atoms with Crippen LogP contribution in [-0.4, -0.2) is 50.2 Å². The van der Waals surface area contributed by atoms with E-state index < -0.39 is 0 Å². The van der Waals surface area contributed by atoms with E-state index in [-0.39, 0.29) is 0 Å². The van der Waals surface area contributed by atoms with Crippen LogP contribution in [-0.2, 0) is 6.54 Å². The molecule has 1 atom stereocenters. The van der Waals surface area contributed by atoms with Gasteiger partial charge in [0.15, 0.2) is 0 Å². The van der Waals surface area contributed by atoms with E-state index in [1.807, 2.05) is 0 Å². The first-order valence-electron chi connectivity index (χ1n) is 9.35. The smallest absolute Gasteiger partial charge is 0.0367 e. The first kappa shape index (κ1) is 17.9. The zero-order valence-corrected chi connectivity index (χ0v) is 15.0. The molecule has 1 fully saturated rings. The summed E-state index contributed by atoms with van der Waals surface area (Å²) in [6.45, 7) is 7.05. The van der Waals surface area contributed by atoms with Crippen LogP contribution in [0.2, 0.25) is 0 Å². The van der Waals surface area contributed by atoms with Gasteiger partial charge in [-0.05, 0) is 30.7 Å². The minimum Gasteiger partial charge on any atom is -0.369 e. The fourth-order valence-electron chi connectivity index (χ4n) is 3.57. The maximum Gasteiger partial charge on any atom is 0.0367 e. The van der Waals surface area contributed by atoms with E-state index in [0.717, 1.165) is 52.2 Å². The molecule has 0 radical (unpaired) electrons. The van der Waals surface area contributed by atoms with Crippen molar-refractivity contribution in [2.75, 3.05) is 44.2 Å². The zero-order valence-electron chi connectivity index (χ0n) is 15.0. The predicted molar refractivity (Wildman–Crippen MR) is 106 cm³/mol. The molecule has 3 rings (SSSR count). The Labute approximate surface area is 151 Å². The molecule has 2 aromatic rings. The third-order valence-corrected chi connectivity index (χ3v) is 5.00. The summed E-state index contributed by atoms with van der Waals surface area (Å²) >= 11 is 0. The van der Waals surface area contributed by atoms with Gasteiger partial charge in [0, 0.05) is 51.0 Å². The Morgan fingerprint density at radius 1 is 0.880 bits per heavy atom. The second-order valence-corrected chi connectivity index (χ2v) is 6.71. The molecule has 0 aromatic heterocycles. The standard InChI is InChI=1S/C21H30N4/c22-12-11-21(18-23-17-19-7-3-1-4-8-19)25-15-13-24(14-16-25)20-9-5-2-6-10-20/h1-10,21,23H,11-18,22H2/t21-/m1/s1. The highest BCUT2D eigenvalue weighted by Crippen LogP contribution is 2.17. The fraction of sp³-hybridized carbons (Fsp3) is 0.429. The molecule has 134 valence electrons. The van der Waals surface area contributed by atoms with E-state index in [1.165, 1.54) is 11.3 Å². The monoisotopic (exact) mass is 338 g/mol. The van der Waals surface area contributed by atoms with Crippen LogP contribution in [0.15, 0.2) is 60.7 Å². The lowest BCUT2D eigenvalue weighted by Gasteiger charge is -2.40. The molecule has 1 aliphatic heterocycles. The third kappa shape index (κ3) is 5.30. The van der Waals surface area contributed by atoms with Gasteiger partial charge in [-0.3, -0.25) is 4.90 Å². The Morgan fingerprint density at radius 3 is 2.16 bits per heavy atom. The number of hydrogen-bond donors (Lipinski definition) is 2. The minimum atomic E-state index is 0.520. The van der Waals surface area contributed by atoms with Crippen LogP contribution in [0.25, 0.3) is 0 Å². The number of benzene rings is 2. The van der Waals surface area contributed by atoms with Gasteiger partial charge in [0.05, 0.1) is 0 Å². The average molecular weight is 338 g/mol. The Bertz CT molecular complexity index is 594. The van der Waals surface area contributed by atoms with Crippen molar-refractivity contribution in [1.29, 1.82) is 0 Å². The Balaban J connectivity index is 1.48. The molecule has 3 N–H and O–H groups in total. The van der Waals surface area contributed by atoms with Gasteiger partial charge in [0.25, 0.3) is 0 Å². The highest BCUT2D eigenvalue weighted by atomic mass is 15.3. The van der Waals surface area contributed by atoms with Crippen LogP contribution < -0.4 is 16.0 Å². The quantitative estimate of drug-likeness (QED) is 0.775. The zero-order chi connectivity index (χ0) is 17.3. The Hall–Kier alpha value is -1.88. The van der Waals surface area contributed by atoms with Crippen molar-refractivity contribution in [2.24, 2.45) is 5.73 Å². The molecule has 0 aliphatic carbocycles. The molecule has 1 heterocycles. The van der Waals surface area contributed by atoms with Gasteiger partial charge < -0.3 is 16.0 Å². The maximum atomic E-state index is 5.87. The van der Waals surface area contributed by atoms with Gasteiger partial charge in [-0.1, -0.05) is 48.5 Å².